The van der Waals surface area contributed by atoms with E-state index in [2.05, 4.69) is 172 Å². The summed E-state index contributed by atoms with van der Waals surface area (Å²) >= 11 is 0. The van der Waals surface area contributed by atoms with Gasteiger partial charge in [-0.05, 0) is 119 Å². The summed E-state index contributed by atoms with van der Waals surface area (Å²) in [5.74, 6) is 0. The fourth-order valence-electron chi connectivity index (χ4n) is 9.24. The van der Waals surface area contributed by atoms with Gasteiger partial charge in [-0.3, -0.25) is 0 Å². The number of hydrogen-bond donors (Lipinski definition) is 0. The van der Waals surface area contributed by atoms with Gasteiger partial charge in [0.2, 0.25) is 0 Å². The van der Waals surface area contributed by atoms with Gasteiger partial charge in [-0.15, -0.1) is 0 Å². The second-order valence-electron chi connectivity index (χ2n) is 14.5. The number of para-hydroxylation sites is 2. The van der Waals surface area contributed by atoms with Crippen LogP contribution in [-0.4, -0.2) is 0 Å². The van der Waals surface area contributed by atoms with E-state index in [0.29, 0.717) is 0 Å². The molecule has 1 nitrogen and oxygen atoms in total. The first kappa shape index (κ1) is 26.8. The minimum absolute atomic E-state index is 0.0825. The SMILES string of the molecule is CC1(C)c2cc(N(c3ccccc3)c3ccccc3)ccc2-c2c1c1ccc3c4c(cc5cccc2c5c14)-c1ccccc1C3(C)C. The molecule has 2 aliphatic carbocycles. The molecular formula is C46H35N. The molecule has 2 aliphatic rings. The smallest absolute Gasteiger partial charge is 0.0465 e. The molecule has 8 aromatic carbocycles. The minimum atomic E-state index is -0.193. The third-order valence-corrected chi connectivity index (χ3v) is 11.3. The Kier molecular flexibility index (Phi) is 5.19. The van der Waals surface area contributed by atoms with E-state index in [1.54, 1.807) is 0 Å². The van der Waals surface area contributed by atoms with Crippen molar-refractivity contribution in [3.8, 4) is 22.3 Å². The van der Waals surface area contributed by atoms with Crippen molar-refractivity contribution >= 4 is 49.4 Å². The summed E-state index contributed by atoms with van der Waals surface area (Å²) in [6.45, 7) is 9.68. The van der Waals surface area contributed by atoms with Crippen LogP contribution in [0.25, 0.3) is 54.6 Å². The zero-order valence-corrected chi connectivity index (χ0v) is 27.2. The molecule has 0 aliphatic heterocycles. The molecule has 0 saturated heterocycles. The third-order valence-electron chi connectivity index (χ3n) is 11.3. The number of nitrogens with zero attached hydrogens (tertiary/aromatic N) is 1. The molecule has 8 aromatic rings. The van der Waals surface area contributed by atoms with Crippen LogP contribution in [0.1, 0.15) is 49.9 Å². The first-order valence-electron chi connectivity index (χ1n) is 16.8. The molecule has 1 heteroatoms. The minimum Gasteiger partial charge on any atom is -0.310 e. The van der Waals surface area contributed by atoms with Crippen molar-refractivity contribution in [2.75, 3.05) is 4.90 Å². The standard InChI is InChI=1S/C46H35N/c1-45(2)37-21-12-11-19-32(37)36-26-28-14-13-20-34-40(28)43-35(24-25-38(45)42(36)43)44-41(34)33-23-22-31(27-39(33)46(44,3)4)47(29-15-7-5-8-16-29)30-17-9-6-10-18-30/h5-27H,1-4H3. The molecule has 47 heavy (non-hydrogen) atoms. The summed E-state index contributed by atoms with van der Waals surface area (Å²) in [6, 6.07) is 52.0. The molecule has 0 atom stereocenters. The van der Waals surface area contributed by atoms with Crippen LogP contribution in [0, 0.1) is 0 Å². The highest BCUT2D eigenvalue weighted by atomic mass is 15.1. The third kappa shape index (κ3) is 3.39. The van der Waals surface area contributed by atoms with Gasteiger partial charge in [0.1, 0.15) is 0 Å². The Bertz CT molecular complexity index is 2510. The van der Waals surface area contributed by atoms with Gasteiger partial charge >= 0.3 is 0 Å². The van der Waals surface area contributed by atoms with E-state index in [1.807, 2.05) is 0 Å². The maximum absolute atomic E-state index is 2.47. The Morgan fingerprint density at radius 3 is 1.85 bits per heavy atom. The van der Waals surface area contributed by atoms with Gasteiger partial charge < -0.3 is 4.90 Å². The molecule has 10 rings (SSSR count). The van der Waals surface area contributed by atoms with Crippen molar-refractivity contribution in [1.82, 2.24) is 0 Å². The van der Waals surface area contributed by atoms with Gasteiger partial charge in [0.25, 0.3) is 0 Å². The maximum atomic E-state index is 2.47. The zero-order valence-electron chi connectivity index (χ0n) is 27.2. The van der Waals surface area contributed by atoms with Crippen LogP contribution in [-0.2, 0) is 10.8 Å². The molecule has 0 aromatic heterocycles. The summed E-state index contributed by atoms with van der Waals surface area (Å²) in [5.41, 5.74) is 14.4. The van der Waals surface area contributed by atoms with E-state index in [1.165, 1.54) is 82.5 Å². The lowest BCUT2D eigenvalue weighted by Crippen LogP contribution is -2.24. The highest BCUT2D eigenvalue weighted by molar-refractivity contribution is 6.32. The van der Waals surface area contributed by atoms with E-state index in [9.17, 15) is 0 Å². The van der Waals surface area contributed by atoms with Crippen molar-refractivity contribution in [2.24, 2.45) is 0 Å². The summed E-state index contributed by atoms with van der Waals surface area (Å²) in [6.07, 6.45) is 0. The highest BCUT2D eigenvalue weighted by Crippen LogP contribution is 2.59. The maximum Gasteiger partial charge on any atom is 0.0465 e. The van der Waals surface area contributed by atoms with Crippen molar-refractivity contribution in [3.63, 3.8) is 0 Å². The Balaban J connectivity index is 1.29. The van der Waals surface area contributed by atoms with Gasteiger partial charge in [0.15, 0.2) is 0 Å². The number of hydrogen-bond acceptors (Lipinski definition) is 1. The molecule has 0 amide bonds. The summed E-state index contributed by atoms with van der Waals surface area (Å²) in [4.78, 5) is 2.38. The Hall–Kier alpha value is -5.40. The molecule has 0 saturated carbocycles. The molecule has 0 heterocycles. The molecule has 0 radical (unpaired) electrons. The topological polar surface area (TPSA) is 3.24 Å². The average Bonchev–Trinajstić information content (AvgIpc) is 3.34. The fourth-order valence-corrected chi connectivity index (χ4v) is 9.24. The summed E-state index contributed by atoms with van der Waals surface area (Å²) in [5, 5.41) is 8.36. The van der Waals surface area contributed by atoms with E-state index in [-0.39, 0.29) is 10.8 Å². The van der Waals surface area contributed by atoms with E-state index >= 15 is 0 Å². The molecule has 0 N–H and O–H groups in total. The van der Waals surface area contributed by atoms with Crippen LogP contribution < -0.4 is 4.90 Å². The van der Waals surface area contributed by atoms with Crippen molar-refractivity contribution in [3.05, 3.63) is 162 Å². The van der Waals surface area contributed by atoms with Crippen LogP contribution in [0.5, 0.6) is 0 Å². The van der Waals surface area contributed by atoms with E-state index < -0.39 is 0 Å². The van der Waals surface area contributed by atoms with Crippen LogP contribution in [0.3, 0.4) is 0 Å². The monoisotopic (exact) mass is 601 g/mol. The average molecular weight is 602 g/mol. The Morgan fingerprint density at radius 1 is 0.404 bits per heavy atom. The van der Waals surface area contributed by atoms with Gasteiger partial charge in [0.05, 0.1) is 0 Å². The first-order chi connectivity index (χ1) is 22.9. The predicted molar refractivity (Wildman–Crippen MR) is 200 cm³/mol. The molecule has 0 bridgehead atoms. The van der Waals surface area contributed by atoms with Gasteiger partial charge in [-0.25, -0.2) is 0 Å². The van der Waals surface area contributed by atoms with Crippen molar-refractivity contribution in [2.45, 2.75) is 38.5 Å². The lowest BCUT2D eigenvalue weighted by molar-refractivity contribution is 0.645. The number of anilines is 3. The van der Waals surface area contributed by atoms with E-state index in [0.717, 1.165) is 11.4 Å². The van der Waals surface area contributed by atoms with Crippen LogP contribution in [0.4, 0.5) is 17.1 Å². The molecule has 224 valence electrons. The predicted octanol–water partition coefficient (Wildman–Crippen LogP) is 12.7. The molecular weight excluding hydrogens is 567 g/mol. The lowest BCUT2D eigenvalue weighted by Gasteiger charge is -2.36. The number of fused-ring (bicyclic) bond motifs is 7. The molecule has 0 fully saturated rings. The van der Waals surface area contributed by atoms with Crippen molar-refractivity contribution < 1.29 is 0 Å². The highest BCUT2D eigenvalue weighted by Gasteiger charge is 2.41. The quantitative estimate of drug-likeness (QED) is 0.182. The number of rotatable bonds is 3. The lowest BCUT2D eigenvalue weighted by atomic mass is 9.66. The fraction of sp³-hybridized carbons (Fsp3) is 0.130. The first-order valence-corrected chi connectivity index (χ1v) is 16.8. The molecule has 0 spiro atoms. The normalized spacial score (nSPS) is 15.1. The second kappa shape index (κ2) is 9.11. The van der Waals surface area contributed by atoms with Gasteiger partial charge in [-0.2, -0.15) is 0 Å². The van der Waals surface area contributed by atoms with Crippen LogP contribution >= 0.6 is 0 Å². The van der Waals surface area contributed by atoms with Gasteiger partial charge in [-0.1, -0.05) is 125 Å². The Labute approximate surface area is 276 Å². The Morgan fingerprint density at radius 2 is 1.11 bits per heavy atom. The number of benzene rings is 8. The van der Waals surface area contributed by atoms with Crippen molar-refractivity contribution in [1.29, 1.82) is 0 Å². The second-order valence-corrected chi connectivity index (χ2v) is 14.5. The van der Waals surface area contributed by atoms with E-state index in [4.69, 9.17) is 0 Å². The summed E-state index contributed by atoms with van der Waals surface area (Å²) in [7, 11) is 0. The largest absolute Gasteiger partial charge is 0.310 e. The summed E-state index contributed by atoms with van der Waals surface area (Å²) < 4.78 is 0. The molecule has 0 unspecified atom stereocenters. The van der Waals surface area contributed by atoms with Crippen LogP contribution in [0.15, 0.2) is 140 Å². The zero-order chi connectivity index (χ0) is 31.7. The van der Waals surface area contributed by atoms with Gasteiger partial charge in [0, 0.05) is 27.9 Å². The van der Waals surface area contributed by atoms with Crippen LogP contribution in [0.2, 0.25) is 0 Å².